The van der Waals surface area contributed by atoms with Gasteiger partial charge in [-0.05, 0) is 50.6 Å². The van der Waals surface area contributed by atoms with E-state index >= 15 is 0 Å². The summed E-state index contributed by atoms with van der Waals surface area (Å²) in [6.45, 7) is 8.24. The smallest absolute Gasteiger partial charge is 0.230 e. The van der Waals surface area contributed by atoms with E-state index in [1.54, 1.807) is 12.3 Å². The molecule has 0 spiro atoms. The minimum absolute atomic E-state index is 0.0436. The van der Waals surface area contributed by atoms with Gasteiger partial charge in [-0.3, -0.25) is 9.89 Å². The van der Waals surface area contributed by atoms with Crippen molar-refractivity contribution in [3.05, 3.63) is 41.7 Å². The lowest BCUT2D eigenvalue weighted by atomic mass is 10.1. The number of H-pyrrole nitrogens is 1. The van der Waals surface area contributed by atoms with E-state index in [-0.39, 0.29) is 5.91 Å². The molecule has 0 saturated heterocycles. The van der Waals surface area contributed by atoms with Gasteiger partial charge in [-0.2, -0.15) is 5.10 Å². The standard InChI is InChI=1S/C16H22N4O/c1-4-20(5-2)14-6-7-15(12(3)10-14)18-16(21)11-13-8-9-17-19-13/h6-10H,4-5,11H2,1-3H3,(H,17,19)(H,18,21). The van der Waals surface area contributed by atoms with Gasteiger partial charge in [0.2, 0.25) is 5.91 Å². The first kappa shape index (κ1) is 15.1. The second kappa shape index (κ2) is 6.92. The molecular weight excluding hydrogens is 264 g/mol. The molecule has 2 rings (SSSR count). The Bertz CT molecular complexity index is 588. The Hall–Kier alpha value is -2.30. The van der Waals surface area contributed by atoms with Crippen molar-refractivity contribution in [3.63, 3.8) is 0 Å². The highest BCUT2D eigenvalue weighted by atomic mass is 16.1. The molecular formula is C16H22N4O. The van der Waals surface area contributed by atoms with Crippen molar-refractivity contribution in [1.29, 1.82) is 0 Å². The number of nitrogens with zero attached hydrogens (tertiary/aromatic N) is 2. The van der Waals surface area contributed by atoms with Crippen molar-refractivity contribution < 1.29 is 4.79 Å². The largest absolute Gasteiger partial charge is 0.372 e. The summed E-state index contributed by atoms with van der Waals surface area (Å²) in [5, 5.41) is 9.57. The maximum atomic E-state index is 12.0. The number of aromatic nitrogens is 2. The fraction of sp³-hybridized carbons (Fsp3) is 0.375. The fourth-order valence-corrected chi connectivity index (χ4v) is 2.32. The van der Waals surface area contributed by atoms with Crippen molar-refractivity contribution in [2.75, 3.05) is 23.3 Å². The number of aryl methyl sites for hydroxylation is 1. The molecule has 0 aliphatic rings. The van der Waals surface area contributed by atoms with Crippen molar-refractivity contribution >= 4 is 17.3 Å². The van der Waals surface area contributed by atoms with Crippen LogP contribution in [0, 0.1) is 6.92 Å². The molecule has 0 atom stereocenters. The maximum Gasteiger partial charge on any atom is 0.230 e. The molecule has 0 fully saturated rings. The normalized spacial score (nSPS) is 10.4. The first-order valence-electron chi connectivity index (χ1n) is 7.27. The molecule has 112 valence electrons. The van der Waals surface area contributed by atoms with E-state index in [1.807, 2.05) is 19.1 Å². The predicted molar refractivity (Wildman–Crippen MR) is 85.7 cm³/mol. The molecule has 0 radical (unpaired) electrons. The van der Waals surface area contributed by atoms with Crippen LogP contribution in [0.1, 0.15) is 25.1 Å². The van der Waals surface area contributed by atoms with Gasteiger partial charge in [0.15, 0.2) is 0 Å². The number of nitrogens with one attached hydrogen (secondary N) is 2. The Labute approximate surface area is 125 Å². The SMILES string of the molecule is CCN(CC)c1ccc(NC(=O)Cc2ccn[nH]2)c(C)c1. The third kappa shape index (κ3) is 3.84. The number of hydrogen-bond donors (Lipinski definition) is 2. The number of anilines is 2. The van der Waals surface area contributed by atoms with Gasteiger partial charge in [-0.15, -0.1) is 0 Å². The van der Waals surface area contributed by atoms with Gasteiger partial charge in [0, 0.05) is 36.4 Å². The summed E-state index contributed by atoms with van der Waals surface area (Å²) in [6, 6.07) is 7.92. The zero-order valence-corrected chi connectivity index (χ0v) is 12.8. The maximum absolute atomic E-state index is 12.0. The average molecular weight is 286 g/mol. The summed E-state index contributed by atoms with van der Waals surface area (Å²) in [7, 11) is 0. The summed E-state index contributed by atoms with van der Waals surface area (Å²) in [5.74, 6) is -0.0436. The quantitative estimate of drug-likeness (QED) is 0.858. The van der Waals surface area contributed by atoms with Crippen LogP contribution >= 0.6 is 0 Å². The van der Waals surface area contributed by atoms with E-state index < -0.39 is 0 Å². The molecule has 1 amide bonds. The van der Waals surface area contributed by atoms with E-state index in [4.69, 9.17) is 0 Å². The lowest BCUT2D eigenvalue weighted by molar-refractivity contribution is -0.115. The van der Waals surface area contributed by atoms with Crippen LogP contribution in [0.3, 0.4) is 0 Å². The predicted octanol–water partition coefficient (Wildman–Crippen LogP) is 2.75. The monoisotopic (exact) mass is 286 g/mol. The van der Waals surface area contributed by atoms with E-state index in [2.05, 4.69) is 40.3 Å². The fourth-order valence-electron chi connectivity index (χ4n) is 2.32. The number of rotatable bonds is 6. The molecule has 0 aliphatic carbocycles. The van der Waals surface area contributed by atoms with Crippen LogP contribution in [-0.2, 0) is 11.2 Å². The minimum Gasteiger partial charge on any atom is -0.372 e. The van der Waals surface area contributed by atoms with Gasteiger partial charge < -0.3 is 10.2 Å². The Morgan fingerprint density at radius 1 is 1.29 bits per heavy atom. The van der Waals surface area contributed by atoms with Gasteiger partial charge in [-0.1, -0.05) is 0 Å². The van der Waals surface area contributed by atoms with Gasteiger partial charge in [-0.25, -0.2) is 0 Å². The number of carbonyl (C=O) groups excluding carboxylic acids is 1. The number of carbonyl (C=O) groups is 1. The van der Waals surface area contributed by atoms with E-state index in [0.29, 0.717) is 6.42 Å². The van der Waals surface area contributed by atoms with Gasteiger partial charge in [0.05, 0.1) is 6.42 Å². The van der Waals surface area contributed by atoms with Crippen LogP contribution in [0.2, 0.25) is 0 Å². The van der Waals surface area contributed by atoms with Crippen molar-refractivity contribution in [2.24, 2.45) is 0 Å². The van der Waals surface area contributed by atoms with Crippen LogP contribution < -0.4 is 10.2 Å². The molecule has 1 heterocycles. The highest BCUT2D eigenvalue weighted by molar-refractivity contribution is 5.93. The van der Waals surface area contributed by atoms with Crippen LogP contribution in [0.5, 0.6) is 0 Å². The van der Waals surface area contributed by atoms with Crippen LogP contribution in [0.4, 0.5) is 11.4 Å². The highest BCUT2D eigenvalue weighted by Gasteiger charge is 2.09. The summed E-state index contributed by atoms with van der Waals surface area (Å²) < 4.78 is 0. The number of aromatic amines is 1. The van der Waals surface area contributed by atoms with Crippen molar-refractivity contribution in [1.82, 2.24) is 10.2 Å². The topological polar surface area (TPSA) is 61.0 Å². The summed E-state index contributed by atoms with van der Waals surface area (Å²) in [4.78, 5) is 14.3. The Kier molecular flexibility index (Phi) is 4.98. The Morgan fingerprint density at radius 3 is 2.62 bits per heavy atom. The Balaban J connectivity index is 2.05. The zero-order valence-electron chi connectivity index (χ0n) is 12.8. The second-order valence-electron chi connectivity index (χ2n) is 4.98. The average Bonchev–Trinajstić information content (AvgIpc) is 2.96. The summed E-state index contributed by atoms with van der Waals surface area (Å²) in [6.07, 6.45) is 1.95. The van der Waals surface area contributed by atoms with Gasteiger partial charge in [0.1, 0.15) is 0 Å². The minimum atomic E-state index is -0.0436. The van der Waals surface area contributed by atoms with Gasteiger partial charge in [0.25, 0.3) is 0 Å². The molecule has 5 heteroatoms. The molecule has 1 aromatic heterocycles. The summed E-state index contributed by atoms with van der Waals surface area (Å²) >= 11 is 0. The van der Waals surface area contributed by atoms with Crippen LogP contribution in [-0.4, -0.2) is 29.2 Å². The molecule has 2 N–H and O–H groups in total. The Morgan fingerprint density at radius 2 is 2.05 bits per heavy atom. The lowest BCUT2D eigenvalue weighted by Gasteiger charge is -2.22. The first-order valence-corrected chi connectivity index (χ1v) is 7.27. The number of benzene rings is 1. The zero-order chi connectivity index (χ0) is 15.2. The van der Waals surface area contributed by atoms with E-state index in [0.717, 1.165) is 30.0 Å². The molecule has 1 aromatic carbocycles. The number of hydrogen-bond acceptors (Lipinski definition) is 3. The molecule has 0 unspecified atom stereocenters. The molecule has 0 bridgehead atoms. The molecule has 0 saturated carbocycles. The first-order chi connectivity index (χ1) is 10.1. The molecule has 2 aromatic rings. The van der Waals surface area contributed by atoms with Crippen LogP contribution in [0.15, 0.2) is 30.5 Å². The van der Waals surface area contributed by atoms with Gasteiger partial charge >= 0.3 is 0 Å². The van der Waals surface area contributed by atoms with Crippen LogP contribution in [0.25, 0.3) is 0 Å². The summed E-state index contributed by atoms with van der Waals surface area (Å²) in [5.41, 5.74) is 3.92. The second-order valence-corrected chi connectivity index (χ2v) is 4.98. The van der Waals surface area contributed by atoms with Crippen molar-refractivity contribution in [2.45, 2.75) is 27.2 Å². The highest BCUT2D eigenvalue weighted by Crippen LogP contribution is 2.22. The molecule has 0 aliphatic heterocycles. The van der Waals surface area contributed by atoms with E-state index in [1.165, 1.54) is 5.69 Å². The lowest BCUT2D eigenvalue weighted by Crippen LogP contribution is -2.22. The third-order valence-electron chi connectivity index (χ3n) is 3.52. The third-order valence-corrected chi connectivity index (χ3v) is 3.52. The van der Waals surface area contributed by atoms with Crippen molar-refractivity contribution in [3.8, 4) is 0 Å². The van der Waals surface area contributed by atoms with E-state index in [9.17, 15) is 4.79 Å². The number of amides is 1. The molecule has 21 heavy (non-hydrogen) atoms. The molecule has 5 nitrogen and oxygen atoms in total.